The van der Waals surface area contributed by atoms with E-state index in [0.717, 1.165) is 16.7 Å². The van der Waals surface area contributed by atoms with Crippen LogP contribution in [0, 0.1) is 9.39 Å². The maximum atomic E-state index is 12.9. The van der Waals surface area contributed by atoms with Crippen LogP contribution in [0.5, 0.6) is 0 Å². The first-order chi connectivity index (χ1) is 9.70. The molecule has 1 heterocycles. The van der Waals surface area contributed by atoms with Gasteiger partial charge in [-0.3, -0.25) is 4.68 Å². The predicted octanol–water partition coefficient (Wildman–Crippen LogP) is 4.34. The first-order valence-electron chi connectivity index (χ1n) is 6.23. The summed E-state index contributed by atoms with van der Waals surface area (Å²) in [6.45, 7) is 0.644. The van der Waals surface area contributed by atoms with Crippen molar-refractivity contribution in [3.05, 3.63) is 75.9 Å². The average Bonchev–Trinajstić information content (AvgIpc) is 2.91. The van der Waals surface area contributed by atoms with Crippen LogP contribution in [0.15, 0.2) is 60.9 Å². The summed E-state index contributed by atoms with van der Waals surface area (Å²) in [6.07, 6.45) is 3.86. The number of halogens is 2. The molecule has 0 aliphatic heterocycles. The van der Waals surface area contributed by atoms with Crippen LogP contribution in [0.2, 0.25) is 0 Å². The van der Waals surface area contributed by atoms with Crippen LogP contribution in [-0.4, -0.2) is 9.78 Å². The SMILES string of the molecule is Fc1ccc(Cn2cc(-c3ccc(I)cc3)cn2)cc1. The van der Waals surface area contributed by atoms with Gasteiger partial charge in [-0.1, -0.05) is 24.3 Å². The van der Waals surface area contributed by atoms with Gasteiger partial charge in [0.05, 0.1) is 12.7 Å². The van der Waals surface area contributed by atoms with E-state index >= 15 is 0 Å². The van der Waals surface area contributed by atoms with E-state index in [2.05, 4.69) is 52.0 Å². The van der Waals surface area contributed by atoms with E-state index in [1.165, 1.54) is 15.7 Å². The van der Waals surface area contributed by atoms with Crippen molar-refractivity contribution >= 4 is 22.6 Å². The second kappa shape index (κ2) is 5.75. The van der Waals surface area contributed by atoms with E-state index < -0.39 is 0 Å². The summed E-state index contributed by atoms with van der Waals surface area (Å²) in [4.78, 5) is 0. The van der Waals surface area contributed by atoms with Crippen molar-refractivity contribution in [1.82, 2.24) is 9.78 Å². The first-order valence-corrected chi connectivity index (χ1v) is 7.31. The fraction of sp³-hybridized carbons (Fsp3) is 0.0625. The van der Waals surface area contributed by atoms with Gasteiger partial charge in [0.25, 0.3) is 0 Å². The fourth-order valence-corrected chi connectivity index (χ4v) is 2.38. The molecule has 0 bridgehead atoms. The molecule has 20 heavy (non-hydrogen) atoms. The van der Waals surface area contributed by atoms with Gasteiger partial charge in [0.2, 0.25) is 0 Å². The molecule has 3 rings (SSSR count). The molecular weight excluding hydrogens is 366 g/mol. The van der Waals surface area contributed by atoms with Crippen molar-refractivity contribution in [1.29, 1.82) is 0 Å². The molecule has 0 aliphatic rings. The molecule has 0 fully saturated rings. The van der Waals surface area contributed by atoms with E-state index in [9.17, 15) is 4.39 Å². The zero-order valence-corrected chi connectivity index (χ0v) is 12.8. The highest BCUT2D eigenvalue weighted by Gasteiger charge is 2.02. The van der Waals surface area contributed by atoms with Crippen LogP contribution in [0.1, 0.15) is 5.56 Å². The fourth-order valence-electron chi connectivity index (χ4n) is 2.02. The lowest BCUT2D eigenvalue weighted by atomic mass is 10.1. The Labute approximate surface area is 130 Å². The Hall–Kier alpha value is -1.69. The molecule has 2 nitrogen and oxygen atoms in total. The van der Waals surface area contributed by atoms with Crippen molar-refractivity contribution in [3.63, 3.8) is 0 Å². The average molecular weight is 378 g/mol. The van der Waals surface area contributed by atoms with Gasteiger partial charge < -0.3 is 0 Å². The van der Waals surface area contributed by atoms with Gasteiger partial charge in [0.15, 0.2) is 0 Å². The Kier molecular flexibility index (Phi) is 3.82. The third-order valence-corrected chi connectivity index (χ3v) is 3.79. The summed E-state index contributed by atoms with van der Waals surface area (Å²) in [5, 5.41) is 4.35. The molecule has 100 valence electrons. The molecule has 4 heteroatoms. The van der Waals surface area contributed by atoms with E-state index in [1.54, 1.807) is 12.1 Å². The molecule has 2 aromatic carbocycles. The van der Waals surface area contributed by atoms with Gasteiger partial charge in [-0.25, -0.2) is 4.39 Å². The van der Waals surface area contributed by atoms with Crippen molar-refractivity contribution < 1.29 is 4.39 Å². The number of hydrogen-bond acceptors (Lipinski definition) is 1. The van der Waals surface area contributed by atoms with Crippen molar-refractivity contribution in [2.75, 3.05) is 0 Å². The molecule has 0 N–H and O–H groups in total. The number of hydrogen-bond donors (Lipinski definition) is 0. The molecule has 0 atom stereocenters. The highest BCUT2D eigenvalue weighted by Crippen LogP contribution is 2.20. The molecule has 0 saturated carbocycles. The predicted molar refractivity (Wildman–Crippen MR) is 85.9 cm³/mol. The molecule has 0 saturated heterocycles. The zero-order chi connectivity index (χ0) is 13.9. The Morgan fingerprint density at radius 3 is 2.35 bits per heavy atom. The van der Waals surface area contributed by atoms with Gasteiger partial charge in [0, 0.05) is 15.3 Å². The summed E-state index contributed by atoms with van der Waals surface area (Å²) in [5.74, 6) is -0.214. The molecule has 0 amide bonds. The normalized spacial score (nSPS) is 10.7. The summed E-state index contributed by atoms with van der Waals surface area (Å²) in [6, 6.07) is 14.8. The Morgan fingerprint density at radius 2 is 1.65 bits per heavy atom. The minimum absolute atomic E-state index is 0.214. The van der Waals surface area contributed by atoms with E-state index in [-0.39, 0.29) is 5.82 Å². The molecule has 1 aromatic heterocycles. The van der Waals surface area contributed by atoms with Crippen molar-refractivity contribution in [2.45, 2.75) is 6.54 Å². The van der Waals surface area contributed by atoms with Crippen LogP contribution >= 0.6 is 22.6 Å². The minimum atomic E-state index is -0.214. The number of aromatic nitrogens is 2. The quantitative estimate of drug-likeness (QED) is 0.620. The summed E-state index contributed by atoms with van der Waals surface area (Å²) < 4.78 is 15.9. The molecule has 3 aromatic rings. The summed E-state index contributed by atoms with van der Waals surface area (Å²) >= 11 is 2.29. The lowest BCUT2D eigenvalue weighted by molar-refractivity contribution is 0.624. The second-order valence-corrected chi connectivity index (χ2v) is 5.81. The molecule has 0 radical (unpaired) electrons. The van der Waals surface area contributed by atoms with Crippen LogP contribution in [0.4, 0.5) is 4.39 Å². The van der Waals surface area contributed by atoms with Crippen molar-refractivity contribution in [3.8, 4) is 11.1 Å². The minimum Gasteiger partial charge on any atom is -0.268 e. The van der Waals surface area contributed by atoms with E-state index in [4.69, 9.17) is 0 Å². The monoisotopic (exact) mass is 378 g/mol. The first kappa shape index (κ1) is 13.3. The largest absolute Gasteiger partial charge is 0.268 e. The van der Waals surface area contributed by atoms with E-state index in [0.29, 0.717) is 6.54 Å². The smallest absolute Gasteiger partial charge is 0.123 e. The molecular formula is C16H12FIN2. The Bertz CT molecular complexity index is 702. The lowest BCUT2D eigenvalue weighted by Gasteiger charge is -2.01. The van der Waals surface area contributed by atoms with Crippen LogP contribution in [0.3, 0.4) is 0 Å². The molecule has 0 aliphatic carbocycles. The van der Waals surface area contributed by atoms with Gasteiger partial charge in [0.1, 0.15) is 5.82 Å². The van der Waals surface area contributed by atoms with Crippen LogP contribution in [-0.2, 0) is 6.54 Å². The third-order valence-electron chi connectivity index (χ3n) is 3.07. The zero-order valence-electron chi connectivity index (χ0n) is 10.6. The number of nitrogens with zero attached hydrogens (tertiary/aromatic N) is 2. The Morgan fingerprint density at radius 1 is 0.950 bits per heavy atom. The lowest BCUT2D eigenvalue weighted by Crippen LogP contribution is -1.99. The maximum Gasteiger partial charge on any atom is 0.123 e. The van der Waals surface area contributed by atoms with Gasteiger partial charge in [-0.15, -0.1) is 0 Å². The van der Waals surface area contributed by atoms with Crippen LogP contribution in [0.25, 0.3) is 11.1 Å². The van der Waals surface area contributed by atoms with E-state index in [1.807, 2.05) is 17.1 Å². The Balaban J connectivity index is 1.80. The molecule has 0 unspecified atom stereocenters. The van der Waals surface area contributed by atoms with Gasteiger partial charge in [-0.2, -0.15) is 5.10 Å². The standard InChI is InChI=1S/C16H12FIN2/c17-15-5-1-12(2-6-15)10-20-11-14(9-19-20)13-3-7-16(18)8-4-13/h1-9,11H,10H2. The van der Waals surface area contributed by atoms with Gasteiger partial charge in [-0.05, 0) is 58.0 Å². The van der Waals surface area contributed by atoms with Gasteiger partial charge >= 0.3 is 0 Å². The third kappa shape index (κ3) is 3.07. The summed E-state index contributed by atoms with van der Waals surface area (Å²) in [7, 11) is 0. The topological polar surface area (TPSA) is 17.8 Å². The summed E-state index contributed by atoms with van der Waals surface area (Å²) in [5.41, 5.74) is 3.27. The maximum absolute atomic E-state index is 12.9. The number of benzene rings is 2. The van der Waals surface area contributed by atoms with Crippen molar-refractivity contribution in [2.24, 2.45) is 0 Å². The molecule has 0 spiro atoms. The number of rotatable bonds is 3. The highest BCUT2D eigenvalue weighted by molar-refractivity contribution is 14.1. The van der Waals surface area contributed by atoms with Crippen LogP contribution < -0.4 is 0 Å². The highest BCUT2D eigenvalue weighted by atomic mass is 127. The second-order valence-electron chi connectivity index (χ2n) is 4.56.